The average Bonchev–Trinajstić information content (AvgIpc) is 3.40. The molecule has 0 radical (unpaired) electrons. The number of piperidine rings is 1. The number of aliphatic hydroxyl groups excluding tert-OH is 1. The first-order valence-corrected chi connectivity index (χ1v) is 14.8. The number of nitriles is 1. The molecule has 0 aliphatic carbocycles. The number of β-amino-alcohol motifs (C(OH)–C–C–N with tert-alkyl or cyclic N) is 1. The maximum absolute atomic E-state index is 15.6. The molecule has 0 spiro atoms. The molecule has 1 amide bonds. The number of rotatable bonds is 9. The summed E-state index contributed by atoms with van der Waals surface area (Å²) in [5, 5.41) is 25.0. The van der Waals surface area contributed by atoms with Crippen molar-refractivity contribution in [1.82, 2.24) is 29.5 Å². The zero-order valence-electron chi connectivity index (χ0n) is 25.8. The quantitative estimate of drug-likeness (QED) is 0.203. The highest BCUT2D eigenvalue weighted by Crippen LogP contribution is 2.36. The predicted octanol–water partition coefficient (Wildman–Crippen LogP) is 4.71. The third kappa shape index (κ3) is 6.79. The fourth-order valence-corrected chi connectivity index (χ4v) is 5.56. The van der Waals surface area contributed by atoms with E-state index in [1.54, 1.807) is 46.8 Å². The molecular formula is C33H37FN8O3. The number of amides is 1. The molecule has 2 atom stereocenters. The first-order chi connectivity index (χ1) is 21.5. The SMILES string of the molecule is CC(O)CN(C)C(C)(C)/C=C(\C#N)C(=O)N1CCCC(n2nc(-c3ccc(Oc4ccccc4)cc3F)c3c(N)ncnc32)C1. The largest absolute Gasteiger partial charge is 0.457 e. The highest BCUT2D eigenvalue weighted by molar-refractivity contribution is 5.99. The Labute approximate surface area is 261 Å². The molecule has 0 saturated carbocycles. The van der Waals surface area contributed by atoms with E-state index in [2.05, 4.69) is 16.0 Å². The van der Waals surface area contributed by atoms with Gasteiger partial charge in [-0.1, -0.05) is 18.2 Å². The van der Waals surface area contributed by atoms with Crippen molar-refractivity contribution in [2.75, 3.05) is 32.4 Å². The van der Waals surface area contributed by atoms with Gasteiger partial charge in [0.15, 0.2) is 5.65 Å². The minimum Gasteiger partial charge on any atom is -0.457 e. The molecule has 1 aliphatic heterocycles. The number of likely N-dealkylation sites (N-methyl/N-ethyl adjacent to an activating group) is 1. The van der Waals surface area contributed by atoms with Gasteiger partial charge in [-0.05, 0) is 71.0 Å². The van der Waals surface area contributed by atoms with Crippen molar-refractivity contribution in [1.29, 1.82) is 5.26 Å². The van der Waals surface area contributed by atoms with E-state index in [1.807, 2.05) is 44.0 Å². The van der Waals surface area contributed by atoms with Crippen LogP contribution in [0.15, 0.2) is 66.5 Å². The summed E-state index contributed by atoms with van der Waals surface area (Å²) in [6, 6.07) is 15.4. The normalized spacial score (nSPS) is 16.5. The van der Waals surface area contributed by atoms with Gasteiger partial charge >= 0.3 is 0 Å². The first kappa shape index (κ1) is 31.6. The number of likely N-dealkylation sites (tertiary alicyclic amines) is 1. The van der Waals surface area contributed by atoms with Crippen LogP contribution in [0, 0.1) is 17.1 Å². The predicted molar refractivity (Wildman–Crippen MR) is 169 cm³/mol. The van der Waals surface area contributed by atoms with Gasteiger partial charge in [0.2, 0.25) is 0 Å². The molecule has 11 nitrogen and oxygen atoms in total. The molecule has 234 valence electrons. The fourth-order valence-electron chi connectivity index (χ4n) is 5.56. The standard InChI is InChI=1S/C33H37FN8O3/c1-21(43)18-40(4)33(2,3)16-22(17-35)32(44)41-14-8-9-23(19-41)42-31-28(30(36)37-20-38-31)29(39-42)26-13-12-25(15-27(26)34)45-24-10-6-5-7-11-24/h5-7,10-13,15-16,20-21,23,43H,8-9,14,18-19H2,1-4H3,(H2,36,37,38)/b22-16+. The monoisotopic (exact) mass is 612 g/mol. The summed E-state index contributed by atoms with van der Waals surface area (Å²) in [5.74, 6) is 0.140. The lowest BCUT2D eigenvalue weighted by atomic mass is 9.97. The fraction of sp³-hybridized carbons (Fsp3) is 0.364. The van der Waals surface area contributed by atoms with Crippen LogP contribution in [0.5, 0.6) is 11.5 Å². The number of ether oxygens (including phenoxy) is 1. The van der Waals surface area contributed by atoms with Crippen molar-refractivity contribution >= 4 is 22.8 Å². The molecule has 3 heterocycles. The van der Waals surface area contributed by atoms with E-state index in [0.717, 1.165) is 0 Å². The average molecular weight is 613 g/mol. The van der Waals surface area contributed by atoms with Gasteiger partial charge in [-0.15, -0.1) is 0 Å². The molecule has 5 rings (SSSR count). The van der Waals surface area contributed by atoms with Gasteiger partial charge in [0, 0.05) is 36.8 Å². The van der Waals surface area contributed by atoms with Crippen molar-refractivity contribution in [3.05, 3.63) is 72.3 Å². The van der Waals surface area contributed by atoms with Crippen LogP contribution in [0.4, 0.5) is 10.2 Å². The zero-order valence-corrected chi connectivity index (χ0v) is 25.8. The molecule has 12 heteroatoms. The summed E-state index contributed by atoms with van der Waals surface area (Å²) >= 11 is 0. The van der Waals surface area contributed by atoms with Crippen LogP contribution in [0.25, 0.3) is 22.3 Å². The number of aromatic nitrogens is 4. The van der Waals surface area contributed by atoms with Gasteiger partial charge in [0.25, 0.3) is 5.91 Å². The van der Waals surface area contributed by atoms with Crippen molar-refractivity contribution in [2.45, 2.75) is 51.3 Å². The van der Waals surface area contributed by atoms with Crippen molar-refractivity contribution < 1.29 is 19.0 Å². The summed E-state index contributed by atoms with van der Waals surface area (Å²) in [4.78, 5) is 25.7. The van der Waals surface area contributed by atoms with Crippen molar-refractivity contribution in [3.8, 4) is 28.8 Å². The number of hydrogen-bond acceptors (Lipinski definition) is 9. The number of carbonyl (C=O) groups is 1. The van der Waals surface area contributed by atoms with Crippen LogP contribution in [-0.4, -0.2) is 78.9 Å². The van der Waals surface area contributed by atoms with Gasteiger partial charge < -0.3 is 20.5 Å². The molecular weight excluding hydrogens is 575 g/mol. The number of nitrogens with two attached hydrogens (primary N) is 1. The summed E-state index contributed by atoms with van der Waals surface area (Å²) < 4.78 is 23.1. The maximum atomic E-state index is 15.6. The van der Waals surface area contributed by atoms with E-state index in [9.17, 15) is 15.2 Å². The van der Waals surface area contributed by atoms with E-state index in [4.69, 9.17) is 15.6 Å². The zero-order chi connectivity index (χ0) is 32.3. The Hall–Kier alpha value is -4.86. The van der Waals surface area contributed by atoms with Gasteiger partial charge in [0.1, 0.15) is 46.8 Å². The topological polar surface area (TPSA) is 146 Å². The lowest BCUT2D eigenvalue weighted by molar-refractivity contribution is -0.128. The molecule has 1 fully saturated rings. The van der Waals surface area contributed by atoms with Crippen LogP contribution in [0.2, 0.25) is 0 Å². The van der Waals surface area contributed by atoms with Crippen molar-refractivity contribution in [2.24, 2.45) is 0 Å². The Balaban J connectivity index is 1.44. The summed E-state index contributed by atoms with van der Waals surface area (Å²) in [5.41, 5.74) is 6.58. The van der Waals surface area contributed by atoms with Gasteiger partial charge in [-0.3, -0.25) is 9.69 Å². The number of aliphatic hydroxyl groups is 1. The third-order valence-corrected chi connectivity index (χ3v) is 8.09. The number of hydrogen-bond donors (Lipinski definition) is 2. The second-order valence-electron chi connectivity index (χ2n) is 11.9. The molecule has 4 aromatic rings. The lowest BCUT2D eigenvalue weighted by Gasteiger charge is -2.35. The number of halogens is 1. The second kappa shape index (κ2) is 13.0. The van der Waals surface area contributed by atoms with Crippen molar-refractivity contribution in [3.63, 3.8) is 0 Å². The van der Waals surface area contributed by atoms with Gasteiger partial charge in [0.05, 0.1) is 17.5 Å². The molecule has 0 bridgehead atoms. The van der Waals surface area contributed by atoms with Crippen LogP contribution < -0.4 is 10.5 Å². The molecule has 45 heavy (non-hydrogen) atoms. The van der Waals surface area contributed by atoms with Crippen LogP contribution in [-0.2, 0) is 4.79 Å². The number of nitrogen functional groups attached to an aromatic ring is 1. The molecule has 3 N–H and O–H groups in total. The Morgan fingerprint density at radius 2 is 2.02 bits per heavy atom. The minimum atomic E-state index is -0.653. The molecule has 2 aromatic carbocycles. The second-order valence-corrected chi connectivity index (χ2v) is 11.9. The smallest absolute Gasteiger partial charge is 0.264 e. The summed E-state index contributed by atoms with van der Waals surface area (Å²) in [7, 11) is 1.83. The van der Waals surface area contributed by atoms with E-state index in [0.29, 0.717) is 48.5 Å². The highest BCUT2D eigenvalue weighted by atomic mass is 19.1. The first-order valence-electron chi connectivity index (χ1n) is 14.8. The number of benzene rings is 2. The van der Waals surface area contributed by atoms with E-state index in [1.165, 1.54) is 12.4 Å². The Morgan fingerprint density at radius 3 is 2.71 bits per heavy atom. The minimum absolute atomic E-state index is 0.0237. The number of fused-ring (bicyclic) bond motifs is 1. The third-order valence-electron chi connectivity index (χ3n) is 8.09. The molecule has 2 unspecified atom stereocenters. The van der Waals surface area contributed by atoms with Gasteiger partial charge in [-0.25, -0.2) is 19.0 Å². The Bertz CT molecular complexity index is 1760. The van der Waals surface area contributed by atoms with Crippen LogP contribution >= 0.6 is 0 Å². The Morgan fingerprint density at radius 1 is 1.27 bits per heavy atom. The Kier molecular flexibility index (Phi) is 9.13. The number of anilines is 1. The van der Waals surface area contributed by atoms with Crippen LogP contribution in [0.3, 0.4) is 0 Å². The number of para-hydroxylation sites is 1. The number of nitrogens with zero attached hydrogens (tertiary/aromatic N) is 7. The summed E-state index contributed by atoms with van der Waals surface area (Å²) in [6.07, 6.45) is 3.76. The van der Waals surface area contributed by atoms with E-state index >= 15 is 4.39 Å². The number of carbonyl (C=O) groups excluding carboxylic acids is 1. The van der Waals surface area contributed by atoms with E-state index in [-0.39, 0.29) is 41.1 Å². The summed E-state index contributed by atoms with van der Waals surface area (Å²) in [6.45, 7) is 6.59. The highest BCUT2D eigenvalue weighted by Gasteiger charge is 2.32. The molecule has 1 saturated heterocycles. The maximum Gasteiger partial charge on any atom is 0.264 e. The lowest BCUT2D eigenvalue weighted by Crippen LogP contribution is -2.45. The van der Waals surface area contributed by atoms with Crippen LogP contribution in [0.1, 0.15) is 39.7 Å². The molecule has 2 aromatic heterocycles. The van der Waals surface area contributed by atoms with Gasteiger partial charge in [-0.2, -0.15) is 10.4 Å². The van der Waals surface area contributed by atoms with E-state index < -0.39 is 17.5 Å². The molecule has 1 aliphatic rings.